The number of guanidine groups is 1. The number of carbonyl (C=O) groups is 1. The molecule has 3 saturated heterocycles. The van der Waals surface area contributed by atoms with Gasteiger partial charge in [-0.15, -0.1) is 24.0 Å². The number of amides is 1. The van der Waals surface area contributed by atoms with Gasteiger partial charge in [0.2, 0.25) is 5.91 Å². The fraction of sp³-hybridized carbons (Fsp3) is 0.875. The smallest absolute Gasteiger partial charge is 0.220 e. The van der Waals surface area contributed by atoms with Gasteiger partial charge < -0.3 is 20.3 Å². The molecule has 3 rings (SSSR count). The minimum absolute atomic E-state index is 0. The van der Waals surface area contributed by atoms with E-state index in [1.807, 2.05) is 0 Å². The zero-order valence-electron chi connectivity index (χ0n) is 14.0. The van der Waals surface area contributed by atoms with Crippen LogP contribution >= 0.6 is 24.0 Å². The Morgan fingerprint density at radius 2 is 2.39 bits per heavy atom. The molecule has 1 spiro atoms. The molecule has 0 bridgehead atoms. The van der Waals surface area contributed by atoms with Crippen molar-refractivity contribution in [2.45, 2.75) is 45.1 Å². The number of carbonyl (C=O) groups excluding carboxylic acids is 1. The summed E-state index contributed by atoms with van der Waals surface area (Å²) in [5.41, 5.74) is 0.107. The van der Waals surface area contributed by atoms with Gasteiger partial charge in [0.1, 0.15) is 0 Å². The molecule has 0 aromatic rings. The van der Waals surface area contributed by atoms with E-state index in [-0.39, 0.29) is 41.4 Å². The molecule has 0 saturated carbocycles. The van der Waals surface area contributed by atoms with Gasteiger partial charge in [-0.2, -0.15) is 0 Å². The Labute approximate surface area is 155 Å². The molecule has 2 atom stereocenters. The van der Waals surface area contributed by atoms with Gasteiger partial charge in [-0.1, -0.05) is 0 Å². The van der Waals surface area contributed by atoms with E-state index in [9.17, 15) is 4.79 Å². The Hall–Kier alpha value is -0.570. The van der Waals surface area contributed by atoms with Crippen LogP contribution in [0.2, 0.25) is 0 Å². The van der Waals surface area contributed by atoms with E-state index < -0.39 is 0 Å². The number of nitrogens with one attached hydrogen (secondary N) is 2. The van der Waals surface area contributed by atoms with Crippen molar-refractivity contribution in [2.24, 2.45) is 10.4 Å². The Kier molecular flexibility index (Phi) is 6.94. The molecule has 23 heavy (non-hydrogen) atoms. The van der Waals surface area contributed by atoms with Crippen LogP contribution in [0.15, 0.2) is 4.99 Å². The van der Waals surface area contributed by atoms with Gasteiger partial charge in [0.15, 0.2) is 5.96 Å². The molecular weight excluding hydrogens is 407 g/mol. The molecule has 3 aliphatic heterocycles. The zero-order chi connectivity index (χ0) is 15.4. The van der Waals surface area contributed by atoms with Crippen LogP contribution in [0.1, 0.15) is 39.0 Å². The second kappa shape index (κ2) is 8.50. The molecular formula is C16H29IN4O2. The highest BCUT2D eigenvalue weighted by atomic mass is 127. The van der Waals surface area contributed by atoms with Crippen LogP contribution in [-0.4, -0.2) is 62.2 Å². The van der Waals surface area contributed by atoms with Gasteiger partial charge in [0.25, 0.3) is 0 Å². The monoisotopic (exact) mass is 436 g/mol. The van der Waals surface area contributed by atoms with Gasteiger partial charge in [0, 0.05) is 44.6 Å². The van der Waals surface area contributed by atoms with Crippen LogP contribution in [0, 0.1) is 5.41 Å². The molecule has 0 aliphatic carbocycles. The topological polar surface area (TPSA) is 66.0 Å². The molecule has 0 radical (unpaired) electrons. The standard InChI is InChI=1S/C16H28N4O2.HI/c1-2-17-15(18-10-13-5-3-8-22-13)20-7-4-6-16(12-20)9-14(21)19-11-16;/h13H,2-12H2,1H3,(H,17,18)(H,19,21);1H. The molecule has 1 amide bonds. The first-order chi connectivity index (χ1) is 10.7. The molecule has 2 N–H and O–H groups in total. The predicted molar refractivity (Wildman–Crippen MR) is 101 cm³/mol. The highest BCUT2D eigenvalue weighted by molar-refractivity contribution is 14.0. The molecule has 6 nitrogen and oxygen atoms in total. The van der Waals surface area contributed by atoms with Crippen LogP contribution in [-0.2, 0) is 9.53 Å². The lowest BCUT2D eigenvalue weighted by atomic mass is 9.79. The summed E-state index contributed by atoms with van der Waals surface area (Å²) in [6, 6.07) is 0. The summed E-state index contributed by atoms with van der Waals surface area (Å²) in [7, 11) is 0. The first kappa shape index (κ1) is 18.8. The fourth-order valence-electron chi connectivity index (χ4n) is 3.83. The van der Waals surface area contributed by atoms with Crippen LogP contribution in [0.4, 0.5) is 0 Å². The number of nitrogens with zero attached hydrogens (tertiary/aromatic N) is 2. The first-order valence-electron chi connectivity index (χ1n) is 8.62. The molecule has 0 aromatic heterocycles. The largest absolute Gasteiger partial charge is 0.376 e. The number of halogens is 1. The lowest BCUT2D eigenvalue weighted by Crippen LogP contribution is -2.51. The Morgan fingerprint density at radius 1 is 1.52 bits per heavy atom. The van der Waals surface area contributed by atoms with E-state index in [2.05, 4.69) is 22.5 Å². The summed E-state index contributed by atoms with van der Waals surface area (Å²) in [5.74, 6) is 1.18. The number of ether oxygens (including phenoxy) is 1. The third kappa shape index (κ3) is 4.71. The van der Waals surface area contributed by atoms with Crippen molar-refractivity contribution in [3.05, 3.63) is 0 Å². The van der Waals surface area contributed by atoms with Crippen molar-refractivity contribution in [1.82, 2.24) is 15.5 Å². The van der Waals surface area contributed by atoms with E-state index in [1.165, 1.54) is 0 Å². The lowest BCUT2D eigenvalue weighted by molar-refractivity contribution is -0.119. The quantitative estimate of drug-likeness (QED) is 0.399. The first-order valence-corrected chi connectivity index (χ1v) is 8.62. The minimum atomic E-state index is 0. The molecule has 3 fully saturated rings. The maximum Gasteiger partial charge on any atom is 0.220 e. The van der Waals surface area contributed by atoms with Gasteiger partial charge in [-0.25, -0.2) is 0 Å². The van der Waals surface area contributed by atoms with E-state index >= 15 is 0 Å². The van der Waals surface area contributed by atoms with Crippen LogP contribution in [0.25, 0.3) is 0 Å². The molecule has 3 aliphatic rings. The Bertz CT molecular complexity index is 440. The van der Waals surface area contributed by atoms with E-state index in [0.29, 0.717) is 6.42 Å². The maximum absolute atomic E-state index is 11.6. The summed E-state index contributed by atoms with van der Waals surface area (Å²) in [5, 5.41) is 6.41. The summed E-state index contributed by atoms with van der Waals surface area (Å²) in [6.45, 7) is 7.33. The average molecular weight is 436 g/mol. The number of rotatable bonds is 3. The van der Waals surface area contributed by atoms with Crippen molar-refractivity contribution in [1.29, 1.82) is 0 Å². The number of aliphatic imine (C=N–C) groups is 1. The van der Waals surface area contributed by atoms with E-state index in [1.54, 1.807) is 0 Å². The van der Waals surface area contributed by atoms with Crippen molar-refractivity contribution in [3.63, 3.8) is 0 Å². The summed E-state index contributed by atoms with van der Waals surface area (Å²) in [4.78, 5) is 18.8. The number of hydrogen-bond acceptors (Lipinski definition) is 3. The second-order valence-electron chi connectivity index (χ2n) is 6.81. The molecule has 132 valence electrons. The highest BCUT2D eigenvalue weighted by Crippen LogP contribution is 2.36. The second-order valence-corrected chi connectivity index (χ2v) is 6.81. The molecule has 0 aromatic carbocycles. The SMILES string of the molecule is CCNC(=NCC1CCCO1)N1CCCC2(CNC(=O)C2)C1.I. The molecule has 2 unspecified atom stereocenters. The summed E-state index contributed by atoms with van der Waals surface area (Å²) >= 11 is 0. The van der Waals surface area contributed by atoms with Crippen LogP contribution < -0.4 is 10.6 Å². The number of hydrogen-bond donors (Lipinski definition) is 2. The van der Waals surface area contributed by atoms with Crippen LogP contribution in [0.3, 0.4) is 0 Å². The lowest BCUT2D eigenvalue weighted by Gasteiger charge is -2.40. The third-order valence-corrected chi connectivity index (χ3v) is 4.96. The predicted octanol–water partition coefficient (Wildman–Crippen LogP) is 1.35. The van der Waals surface area contributed by atoms with Gasteiger partial charge in [0.05, 0.1) is 12.6 Å². The normalized spacial score (nSPS) is 31.2. The molecule has 3 heterocycles. The van der Waals surface area contributed by atoms with Crippen LogP contribution in [0.5, 0.6) is 0 Å². The summed E-state index contributed by atoms with van der Waals surface area (Å²) < 4.78 is 5.67. The zero-order valence-corrected chi connectivity index (χ0v) is 16.3. The van der Waals surface area contributed by atoms with Crippen molar-refractivity contribution < 1.29 is 9.53 Å². The fourth-order valence-corrected chi connectivity index (χ4v) is 3.83. The Balaban J connectivity index is 0.00000192. The van der Waals surface area contributed by atoms with E-state index in [4.69, 9.17) is 9.73 Å². The van der Waals surface area contributed by atoms with Crippen molar-refractivity contribution in [2.75, 3.05) is 39.3 Å². The highest BCUT2D eigenvalue weighted by Gasteiger charge is 2.42. The average Bonchev–Trinajstić information content (AvgIpc) is 3.14. The number of piperidine rings is 1. The minimum Gasteiger partial charge on any atom is -0.376 e. The van der Waals surface area contributed by atoms with Crippen molar-refractivity contribution >= 4 is 35.8 Å². The van der Waals surface area contributed by atoms with Gasteiger partial charge >= 0.3 is 0 Å². The van der Waals surface area contributed by atoms with Gasteiger partial charge in [-0.05, 0) is 32.6 Å². The van der Waals surface area contributed by atoms with E-state index in [0.717, 1.165) is 71.0 Å². The molecule has 7 heteroatoms. The van der Waals surface area contributed by atoms with Crippen molar-refractivity contribution in [3.8, 4) is 0 Å². The maximum atomic E-state index is 11.6. The van der Waals surface area contributed by atoms with Gasteiger partial charge in [-0.3, -0.25) is 9.79 Å². The third-order valence-electron chi connectivity index (χ3n) is 4.96. The number of likely N-dealkylation sites (tertiary alicyclic amines) is 1. The Morgan fingerprint density at radius 3 is 3.04 bits per heavy atom. The summed E-state index contributed by atoms with van der Waals surface area (Å²) in [6.07, 6.45) is 5.46.